The summed E-state index contributed by atoms with van der Waals surface area (Å²) in [6.07, 6.45) is 5.18. The molecule has 36 heavy (non-hydrogen) atoms. The Morgan fingerprint density at radius 1 is 1.14 bits per heavy atom. The number of benzene rings is 1. The fourth-order valence-corrected chi connectivity index (χ4v) is 4.66. The molecule has 2 fully saturated rings. The van der Waals surface area contributed by atoms with Crippen LogP contribution in [0, 0.1) is 6.92 Å². The Morgan fingerprint density at radius 3 is 2.64 bits per heavy atom. The van der Waals surface area contributed by atoms with Gasteiger partial charge in [-0.25, -0.2) is 4.98 Å². The third-order valence-electron chi connectivity index (χ3n) is 7.60. The molecule has 0 saturated carbocycles. The van der Waals surface area contributed by atoms with Gasteiger partial charge >= 0.3 is 7.12 Å². The second kappa shape index (κ2) is 9.46. The Labute approximate surface area is 212 Å². The third-order valence-corrected chi connectivity index (χ3v) is 7.60. The number of pyridine rings is 2. The van der Waals surface area contributed by atoms with Gasteiger partial charge in [-0.2, -0.15) is 0 Å². The summed E-state index contributed by atoms with van der Waals surface area (Å²) in [5.41, 5.74) is 4.09. The molecule has 0 spiro atoms. The number of anilines is 2. The van der Waals surface area contributed by atoms with E-state index in [1.54, 1.807) is 6.20 Å². The summed E-state index contributed by atoms with van der Waals surface area (Å²) in [4.78, 5) is 20.7. The molecule has 1 aromatic carbocycles. The van der Waals surface area contributed by atoms with E-state index in [0.717, 1.165) is 46.1 Å². The normalized spacial score (nSPS) is 20.6. The van der Waals surface area contributed by atoms with E-state index >= 15 is 0 Å². The first-order valence-electron chi connectivity index (χ1n) is 12.6. The molecular weight excluding hydrogens is 453 g/mol. The topological polar surface area (TPSA) is 97.4 Å². The van der Waals surface area contributed by atoms with Gasteiger partial charge in [0.25, 0.3) is 0 Å². The molecule has 0 radical (unpaired) electrons. The smallest absolute Gasteiger partial charge is 0.399 e. The fourth-order valence-electron chi connectivity index (χ4n) is 4.66. The Morgan fingerprint density at radius 2 is 1.92 bits per heavy atom. The molecule has 2 aliphatic rings. The number of rotatable bonds is 7. The van der Waals surface area contributed by atoms with Crippen molar-refractivity contribution in [2.75, 3.05) is 11.9 Å². The standard InChI is InChI=1S/C27H34BN5O3/c1-17-21(28-35-26(2,3)27(4,5)36-28)7-6-8-22(17)33-25-24-19(11-12-30-25)13-18(15-31-24)14-29-16-20-9-10-23(34)32-20/h6-8,11-13,15,20,29H,9-10,14,16H2,1-5H3,(H,30,33)(H,32,34)/t20-/m0/s1. The van der Waals surface area contributed by atoms with E-state index in [-0.39, 0.29) is 11.9 Å². The van der Waals surface area contributed by atoms with E-state index in [9.17, 15) is 4.79 Å². The molecule has 0 aliphatic carbocycles. The minimum absolute atomic E-state index is 0.137. The summed E-state index contributed by atoms with van der Waals surface area (Å²) < 4.78 is 12.6. The van der Waals surface area contributed by atoms with E-state index in [0.29, 0.717) is 18.8 Å². The predicted molar refractivity (Wildman–Crippen MR) is 143 cm³/mol. The van der Waals surface area contributed by atoms with Crippen molar-refractivity contribution in [2.24, 2.45) is 0 Å². The Bertz CT molecular complexity index is 1280. The maximum absolute atomic E-state index is 11.4. The molecule has 2 saturated heterocycles. The van der Waals surface area contributed by atoms with Gasteiger partial charge < -0.3 is 25.3 Å². The van der Waals surface area contributed by atoms with Crippen LogP contribution in [0.25, 0.3) is 10.9 Å². The van der Waals surface area contributed by atoms with Crippen molar-refractivity contribution >= 4 is 40.9 Å². The lowest BCUT2D eigenvalue weighted by molar-refractivity contribution is -0.119. The van der Waals surface area contributed by atoms with Gasteiger partial charge in [0.2, 0.25) is 5.91 Å². The number of amides is 1. The summed E-state index contributed by atoms with van der Waals surface area (Å²) in [5.74, 6) is 0.841. The second-order valence-electron chi connectivity index (χ2n) is 10.7. The average molecular weight is 487 g/mol. The van der Waals surface area contributed by atoms with Crippen LogP contribution in [-0.2, 0) is 20.6 Å². The number of nitrogens with zero attached hydrogens (tertiary/aromatic N) is 2. The quantitative estimate of drug-likeness (QED) is 0.440. The second-order valence-corrected chi connectivity index (χ2v) is 10.7. The van der Waals surface area contributed by atoms with Gasteiger partial charge in [0.1, 0.15) is 5.52 Å². The number of fused-ring (bicyclic) bond motifs is 1. The Hall–Kier alpha value is -3.01. The minimum Gasteiger partial charge on any atom is -0.399 e. The highest BCUT2D eigenvalue weighted by Gasteiger charge is 2.52. The highest BCUT2D eigenvalue weighted by atomic mass is 16.7. The lowest BCUT2D eigenvalue weighted by atomic mass is 9.76. The number of hydrogen-bond acceptors (Lipinski definition) is 7. The van der Waals surface area contributed by atoms with E-state index in [2.05, 4.69) is 61.6 Å². The van der Waals surface area contributed by atoms with Crippen molar-refractivity contribution in [3.8, 4) is 0 Å². The molecule has 3 N–H and O–H groups in total. The summed E-state index contributed by atoms with van der Waals surface area (Å²) >= 11 is 0. The van der Waals surface area contributed by atoms with E-state index in [1.807, 2.05) is 30.5 Å². The van der Waals surface area contributed by atoms with Crippen LogP contribution in [0.4, 0.5) is 11.5 Å². The Kier molecular flexibility index (Phi) is 6.49. The van der Waals surface area contributed by atoms with Crippen molar-refractivity contribution < 1.29 is 14.1 Å². The van der Waals surface area contributed by atoms with Crippen LogP contribution >= 0.6 is 0 Å². The molecule has 2 aliphatic heterocycles. The largest absolute Gasteiger partial charge is 0.495 e. The molecule has 8 nitrogen and oxygen atoms in total. The van der Waals surface area contributed by atoms with Crippen LogP contribution in [0.3, 0.4) is 0 Å². The van der Waals surface area contributed by atoms with Gasteiger partial charge in [-0.3, -0.25) is 9.78 Å². The zero-order valence-electron chi connectivity index (χ0n) is 21.6. The van der Waals surface area contributed by atoms with Gasteiger partial charge in [-0.05, 0) is 75.8 Å². The summed E-state index contributed by atoms with van der Waals surface area (Å²) in [6.45, 7) is 11.8. The maximum Gasteiger partial charge on any atom is 0.495 e. The molecule has 2 aromatic heterocycles. The van der Waals surface area contributed by atoms with Crippen LogP contribution in [0.5, 0.6) is 0 Å². The van der Waals surface area contributed by atoms with Crippen molar-refractivity contribution in [2.45, 2.75) is 71.2 Å². The van der Waals surface area contributed by atoms with Crippen LogP contribution in [0.2, 0.25) is 0 Å². The first-order valence-corrected chi connectivity index (χ1v) is 12.6. The van der Waals surface area contributed by atoms with E-state index in [4.69, 9.17) is 14.3 Å². The number of carbonyl (C=O) groups excluding carboxylic acids is 1. The van der Waals surface area contributed by atoms with Crippen molar-refractivity contribution in [1.29, 1.82) is 0 Å². The monoisotopic (exact) mass is 487 g/mol. The molecule has 5 rings (SSSR count). The third kappa shape index (κ3) is 4.83. The van der Waals surface area contributed by atoms with Gasteiger partial charge in [0, 0.05) is 49.0 Å². The van der Waals surface area contributed by atoms with Crippen LogP contribution in [0.1, 0.15) is 51.7 Å². The molecular formula is C27H34BN5O3. The first-order chi connectivity index (χ1) is 17.1. The van der Waals surface area contributed by atoms with Crippen molar-refractivity contribution in [3.63, 3.8) is 0 Å². The lowest BCUT2D eigenvalue weighted by Crippen LogP contribution is -2.41. The number of nitrogens with one attached hydrogen (secondary N) is 3. The minimum atomic E-state index is -0.428. The zero-order chi connectivity index (χ0) is 25.5. The van der Waals surface area contributed by atoms with Crippen LogP contribution in [-0.4, -0.2) is 46.8 Å². The van der Waals surface area contributed by atoms with Gasteiger partial charge in [-0.1, -0.05) is 12.1 Å². The van der Waals surface area contributed by atoms with E-state index < -0.39 is 18.3 Å². The zero-order valence-corrected chi connectivity index (χ0v) is 21.6. The molecule has 3 aromatic rings. The van der Waals surface area contributed by atoms with E-state index in [1.165, 1.54) is 0 Å². The van der Waals surface area contributed by atoms with Crippen LogP contribution in [0.15, 0.2) is 42.7 Å². The van der Waals surface area contributed by atoms with Gasteiger partial charge in [0.05, 0.1) is 11.2 Å². The highest BCUT2D eigenvalue weighted by Crippen LogP contribution is 2.37. The summed E-state index contributed by atoms with van der Waals surface area (Å²) in [6, 6.07) is 10.4. The molecule has 0 bridgehead atoms. The molecule has 1 amide bonds. The number of carbonyl (C=O) groups is 1. The lowest BCUT2D eigenvalue weighted by Gasteiger charge is -2.32. The first kappa shape index (κ1) is 24.7. The Balaban J connectivity index is 1.32. The summed E-state index contributed by atoms with van der Waals surface area (Å²) in [5, 5.41) is 10.9. The number of aromatic nitrogens is 2. The molecule has 4 heterocycles. The van der Waals surface area contributed by atoms with Crippen molar-refractivity contribution in [1.82, 2.24) is 20.6 Å². The van der Waals surface area contributed by atoms with Crippen molar-refractivity contribution in [3.05, 3.63) is 53.9 Å². The van der Waals surface area contributed by atoms with Gasteiger partial charge in [0.15, 0.2) is 5.82 Å². The molecule has 0 unspecified atom stereocenters. The number of hydrogen-bond donors (Lipinski definition) is 3. The predicted octanol–water partition coefficient (Wildman–Crippen LogP) is 3.35. The fraction of sp³-hybridized carbons (Fsp3) is 0.444. The van der Waals surface area contributed by atoms with Gasteiger partial charge in [-0.15, -0.1) is 0 Å². The average Bonchev–Trinajstić information content (AvgIpc) is 3.33. The van der Waals surface area contributed by atoms with Crippen LogP contribution < -0.4 is 21.4 Å². The molecule has 1 atom stereocenters. The molecule has 9 heteroatoms. The maximum atomic E-state index is 11.4. The molecule has 188 valence electrons. The highest BCUT2D eigenvalue weighted by molar-refractivity contribution is 6.62. The summed E-state index contributed by atoms with van der Waals surface area (Å²) in [7, 11) is -0.428. The SMILES string of the molecule is Cc1c(Nc2nccc3cc(CNC[C@@H]4CCC(=O)N4)cnc23)cccc1B1OC(C)(C)C(C)(C)O1.